The van der Waals surface area contributed by atoms with E-state index in [2.05, 4.69) is 51.3 Å². The summed E-state index contributed by atoms with van der Waals surface area (Å²) in [5.74, 6) is 0.992. The third kappa shape index (κ3) is 4.95. The second-order valence-corrected chi connectivity index (χ2v) is 8.90. The Hall–Kier alpha value is -1.70. The molecule has 2 atom stereocenters. The van der Waals surface area contributed by atoms with Crippen molar-refractivity contribution < 1.29 is 4.74 Å². The van der Waals surface area contributed by atoms with Gasteiger partial charge in [0.15, 0.2) is 5.82 Å². The van der Waals surface area contributed by atoms with Crippen LogP contribution in [0.15, 0.2) is 18.2 Å². The molecule has 0 spiro atoms. The zero-order chi connectivity index (χ0) is 20.9. The number of aryl methyl sites for hydroxylation is 1. The Labute approximate surface area is 184 Å². The second kappa shape index (κ2) is 10.1. The van der Waals surface area contributed by atoms with E-state index in [0.717, 1.165) is 69.4 Å². The summed E-state index contributed by atoms with van der Waals surface area (Å²) in [6.07, 6.45) is 5.89. The van der Waals surface area contributed by atoms with Crippen LogP contribution >= 0.6 is 11.6 Å². The van der Waals surface area contributed by atoms with Gasteiger partial charge in [-0.15, -0.1) is 5.10 Å². The van der Waals surface area contributed by atoms with Gasteiger partial charge < -0.3 is 9.64 Å². The minimum atomic E-state index is 0.238. The number of aromatic nitrogens is 4. The van der Waals surface area contributed by atoms with Gasteiger partial charge in [0, 0.05) is 43.5 Å². The van der Waals surface area contributed by atoms with Crippen molar-refractivity contribution in [3.05, 3.63) is 34.6 Å². The van der Waals surface area contributed by atoms with Crippen LogP contribution in [-0.2, 0) is 11.3 Å². The van der Waals surface area contributed by atoms with Crippen LogP contribution in [0.2, 0.25) is 5.02 Å². The average Bonchev–Trinajstić information content (AvgIpc) is 3.44. The standard InChI is InChI=1S/C22H33ClN6O/c1-3-4-7-20(22-24-25-26-29(22)16-19-6-5-14-30-19)27-10-12-28(13-11-27)21-15-18(23)9-8-17(21)2/h8-9,15,19-20H,3-7,10-14,16H2,1-2H3/t19-,20-/m0/s1. The summed E-state index contributed by atoms with van der Waals surface area (Å²) in [4.78, 5) is 5.01. The zero-order valence-electron chi connectivity index (χ0n) is 18.1. The molecule has 0 N–H and O–H groups in total. The second-order valence-electron chi connectivity index (χ2n) is 8.47. The summed E-state index contributed by atoms with van der Waals surface area (Å²) in [5, 5.41) is 13.6. The monoisotopic (exact) mass is 432 g/mol. The number of unbranched alkanes of at least 4 members (excludes halogenated alkanes) is 1. The summed E-state index contributed by atoms with van der Waals surface area (Å²) in [5.41, 5.74) is 2.52. The minimum Gasteiger partial charge on any atom is -0.376 e. The van der Waals surface area contributed by atoms with Crippen LogP contribution in [0.4, 0.5) is 5.69 Å². The number of ether oxygens (including phenoxy) is 1. The molecule has 8 heteroatoms. The average molecular weight is 433 g/mol. The first-order valence-electron chi connectivity index (χ1n) is 11.3. The van der Waals surface area contributed by atoms with Gasteiger partial charge in [0.2, 0.25) is 0 Å². The van der Waals surface area contributed by atoms with Crippen LogP contribution in [0.25, 0.3) is 0 Å². The van der Waals surface area contributed by atoms with Gasteiger partial charge in [-0.05, 0) is 54.3 Å². The summed E-state index contributed by atoms with van der Waals surface area (Å²) >= 11 is 6.25. The highest BCUT2D eigenvalue weighted by Gasteiger charge is 2.30. The van der Waals surface area contributed by atoms with Crippen molar-refractivity contribution in [1.29, 1.82) is 0 Å². The number of hydrogen-bond donors (Lipinski definition) is 0. The molecular formula is C22H33ClN6O. The first kappa shape index (κ1) is 21.5. The summed E-state index contributed by atoms with van der Waals surface area (Å²) in [7, 11) is 0. The Morgan fingerprint density at radius 2 is 2.07 bits per heavy atom. The fourth-order valence-electron chi connectivity index (χ4n) is 4.63. The van der Waals surface area contributed by atoms with Crippen LogP contribution < -0.4 is 4.90 Å². The van der Waals surface area contributed by atoms with E-state index in [4.69, 9.17) is 16.3 Å². The van der Waals surface area contributed by atoms with E-state index in [1.54, 1.807) is 0 Å². The summed E-state index contributed by atoms with van der Waals surface area (Å²) in [6, 6.07) is 6.41. The molecule has 2 aliphatic heterocycles. The quantitative estimate of drug-likeness (QED) is 0.631. The lowest BCUT2D eigenvalue weighted by atomic mass is 10.1. The maximum Gasteiger partial charge on any atom is 0.168 e. The molecule has 2 saturated heterocycles. The van der Waals surface area contributed by atoms with Crippen molar-refractivity contribution >= 4 is 17.3 Å². The van der Waals surface area contributed by atoms with Gasteiger partial charge in [-0.3, -0.25) is 4.90 Å². The highest BCUT2D eigenvalue weighted by molar-refractivity contribution is 6.30. The lowest BCUT2D eigenvalue weighted by Gasteiger charge is -2.40. The van der Waals surface area contributed by atoms with Gasteiger partial charge in [0.05, 0.1) is 18.7 Å². The van der Waals surface area contributed by atoms with Gasteiger partial charge in [-0.1, -0.05) is 37.4 Å². The lowest BCUT2D eigenvalue weighted by molar-refractivity contribution is 0.0890. The molecule has 7 nitrogen and oxygen atoms in total. The number of tetrazole rings is 1. The lowest BCUT2D eigenvalue weighted by Crippen LogP contribution is -2.48. The fourth-order valence-corrected chi connectivity index (χ4v) is 4.80. The molecular weight excluding hydrogens is 400 g/mol. The molecule has 164 valence electrons. The topological polar surface area (TPSA) is 59.3 Å². The van der Waals surface area contributed by atoms with E-state index in [9.17, 15) is 0 Å². The number of anilines is 1. The molecule has 2 aromatic rings. The third-order valence-electron chi connectivity index (χ3n) is 6.36. The van der Waals surface area contributed by atoms with Crippen LogP contribution in [0, 0.1) is 6.92 Å². The minimum absolute atomic E-state index is 0.238. The molecule has 2 fully saturated rings. The van der Waals surface area contributed by atoms with Crippen molar-refractivity contribution in [1.82, 2.24) is 25.1 Å². The normalized spacial score (nSPS) is 21.3. The Bertz CT molecular complexity index is 814. The van der Waals surface area contributed by atoms with Crippen LogP contribution in [0.5, 0.6) is 0 Å². The number of halogens is 1. The van der Waals surface area contributed by atoms with Crippen LogP contribution in [0.1, 0.15) is 56.5 Å². The van der Waals surface area contributed by atoms with Gasteiger partial charge in [-0.2, -0.15) is 0 Å². The molecule has 0 bridgehead atoms. The highest BCUT2D eigenvalue weighted by atomic mass is 35.5. The Morgan fingerprint density at radius 1 is 1.23 bits per heavy atom. The van der Waals surface area contributed by atoms with E-state index in [0.29, 0.717) is 0 Å². The predicted octanol–water partition coefficient (Wildman–Crippen LogP) is 3.87. The summed E-state index contributed by atoms with van der Waals surface area (Å²) < 4.78 is 7.81. The molecule has 2 aliphatic rings. The van der Waals surface area contributed by atoms with E-state index >= 15 is 0 Å². The molecule has 0 saturated carbocycles. The van der Waals surface area contributed by atoms with Crippen molar-refractivity contribution in [2.24, 2.45) is 0 Å². The first-order chi connectivity index (χ1) is 14.7. The smallest absolute Gasteiger partial charge is 0.168 e. The summed E-state index contributed by atoms with van der Waals surface area (Å²) in [6.45, 7) is 9.96. The van der Waals surface area contributed by atoms with E-state index in [-0.39, 0.29) is 12.1 Å². The Kier molecular flexibility index (Phi) is 7.23. The molecule has 1 aromatic heterocycles. The van der Waals surface area contributed by atoms with Gasteiger partial charge in [0.1, 0.15) is 0 Å². The third-order valence-corrected chi connectivity index (χ3v) is 6.59. The molecule has 0 unspecified atom stereocenters. The predicted molar refractivity (Wildman–Crippen MR) is 119 cm³/mol. The van der Waals surface area contributed by atoms with Crippen molar-refractivity contribution in [3.8, 4) is 0 Å². The SMILES string of the molecule is CCCC[C@@H](c1nnnn1C[C@@H]1CCCO1)N1CCN(c2cc(Cl)ccc2C)CC1. The molecule has 1 aromatic carbocycles. The van der Waals surface area contributed by atoms with E-state index < -0.39 is 0 Å². The number of rotatable bonds is 8. The molecule has 3 heterocycles. The van der Waals surface area contributed by atoms with E-state index in [1.165, 1.54) is 24.1 Å². The first-order valence-corrected chi connectivity index (χ1v) is 11.7. The van der Waals surface area contributed by atoms with Crippen molar-refractivity contribution in [2.75, 3.05) is 37.7 Å². The van der Waals surface area contributed by atoms with E-state index in [1.807, 2.05) is 10.7 Å². The molecule has 4 rings (SSSR count). The van der Waals surface area contributed by atoms with Gasteiger partial charge in [0.25, 0.3) is 0 Å². The molecule has 0 radical (unpaired) electrons. The van der Waals surface area contributed by atoms with Crippen LogP contribution in [-0.4, -0.2) is 64.0 Å². The van der Waals surface area contributed by atoms with Gasteiger partial charge >= 0.3 is 0 Å². The number of nitrogens with zero attached hydrogens (tertiary/aromatic N) is 6. The van der Waals surface area contributed by atoms with Crippen LogP contribution in [0.3, 0.4) is 0 Å². The fraction of sp³-hybridized carbons (Fsp3) is 0.682. The number of piperazine rings is 1. The number of benzene rings is 1. The molecule has 30 heavy (non-hydrogen) atoms. The largest absolute Gasteiger partial charge is 0.376 e. The molecule has 0 amide bonds. The zero-order valence-corrected chi connectivity index (χ0v) is 18.9. The number of hydrogen-bond acceptors (Lipinski definition) is 6. The van der Waals surface area contributed by atoms with Crippen molar-refractivity contribution in [3.63, 3.8) is 0 Å². The Balaban J connectivity index is 1.46. The maximum atomic E-state index is 6.25. The van der Waals surface area contributed by atoms with Gasteiger partial charge in [-0.25, -0.2) is 4.68 Å². The highest BCUT2D eigenvalue weighted by Crippen LogP contribution is 2.30. The Morgan fingerprint density at radius 3 is 2.80 bits per heavy atom. The van der Waals surface area contributed by atoms with Crippen molar-refractivity contribution in [2.45, 2.75) is 64.6 Å². The molecule has 0 aliphatic carbocycles. The maximum absolute atomic E-state index is 6.25.